The number of carbonyl (C=O) groups excluding carboxylic acids is 1. The molecule has 29 heavy (non-hydrogen) atoms. The van der Waals surface area contributed by atoms with E-state index in [1.807, 2.05) is 30.3 Å². The summed E-state index contributed by atoms with van der Waals surface area (Å²) >= 11 is 0. The van der Waals surface area contributed by atoms with E-state index in [1.165, 1.54) is 0 Å². The molecule has 0 aromatic heterocycles. The first-order chi connectivity index (χ1) is 13.9. The molecular weight excluding hydrogens is 376 g/mol. The summed E-state index contributed by atoms with van der Waals surface area (Å²) in [7, 11) is 0. The molecule has 8 nitrogen and oxygen atoms in total. The largest absolute Gasteiger partial charge is 0.479 e. The van der Waals surface area contributed by atoms with Gasteiger partial charge in [0.05, 0.1) is 0 Å². The third-order valence-corrected chi connectivity index (χ3v) is 4.54. The number of aliphatic carboxylic acids is 1. The number of rotatable bonds is 5. The number of hydrogen-bond acceptors (Lipinski definition) is 6. The first kappa shape index (κ1) is 22.4. The summed E-state index contributed by atoms with van der Waals surface area (Å²) < 4.78 is 5.20. The van der Waals surface area contributed by atoms with Gasteiger partial charge in [0, 0.05) is 31.7 Å². The molecule has 0 radical (unpaired) electrons. The number of carbonyl (C=O) groups is 2. The van der Waals surface area contributed by atoms with Crippen molar-refractivity contribution in [2.24, 2.45) is 11.7 Å². The number of aliphatic hydroxyl groups is 2. The average Bonchev–Trinajstić information content (AvgIpc) is 3.14. The standard InChI is InChI=1S/C13H18N2O3.C8H8O3/c14-12-7-15(6-11(12)8-16)13(17)18-9-10-4-2-1-3-5-10;9-7(8(10)11)6-4-2-1-3-5-6/h1-5,11-12,16H,6-9,14H2;1-5,7,9H,(H,10,11)/t11-,12-;7-/m10/s1. The third kappa shape index (κ3) is 6.86. The number of nitrogens with zero attached hydrogens (tertiary/aromatic N) is 1. The van der Waals surface area contributed by atoms with E-state index in [0.717, 1.165) is 5.56 Å². The van der Waals surface area contributed by atoms with Gasteiger partial charge in [-0.3, -0.25) is 0 Å². The highest BCUT2D eigenvalue weighted by molar-refractivity contribution is 5.73. The number of amides is 1. The zero-order valence-corrected chi connectivity index (χ0v) is 15.9. The first-order valence-corrected chi connectivity index (χ1v) is 9.20. The van der Waals surface area contributed by atoms with Crippen molar-refractivity contribution in [3.63, 3.8) is 0 Å². The smallest absolute Gasteiger partial charge is 0.410 e. The molecule has 8 heteroatoms. The quantitative estimate of drug-likeness (QED) is 0.594. The highest BCUT2D eigenvalue weighted by atomic mass is 16.6. The highest BCUT2D eigenvalue weighted by Gasteiger charge is 2.33. The molecule has 0 aliphatic carbocycles. The van der Waals surface area contributed by atoms with Crippen LogP contribution in [0.15, 0.2) is 60.7 Å². The molecular formula is C21H26N2O6. The lowest BCUT2D eigenvalue weighted by Gasteiger charge is -2.15. The van der Waals surface area contributed by atoms with Crippen LogP contribution in [-0.2, 0) is 16.1 Å². The van der Waals surface area contributed by atoms with Gasteiger partial charge >= 0.3 is 12.1 Å². The van der Waals surface area contributed by atoms with Gasteiger partial charge in [0.2, 0.25) is 0 Å². The Morgan fingerprint density at radius 2 is 1.66 bits per heavy atom. The lowest BCUT2D eigenvalue weighted by atomic mass is 10.1. The van der Waals surface area contributed by atoms with Crippen molar-refractivity contribution >= 4 is 12.1 Å². The summed E-state index contributed by atoms with van der Waals surface area (Å²) in [6, 6.07) is 17.6. The number of benzene rings is 2. The molecule has 2 aromatic carbocycles. The Bertz CT molecular complexity index is 771. The van der Waals surface area contributed by atoms with E-state index in [0.29, 0.717) is 18.7 Å². The van der Waals surface area contributed by atoms with Crippen molar-refractivity contribution in [1.29, 1.82) is 0 Å². The number of hydrogen-bond donors (Lipinski definition) is 4. The first-order valence-electron chi connectivity index (χ1n) is 9.20. The predicted octanol–water partition coefficient (Wildman–Crippen LogP) is 1.38. The van der Waals surface area contributed by atoms with Crippen LogP contribution < -0.4 is 5.73 Å². The fourth-order valence-electron chi connectivity index (χ4n) is 2.83. The average molecular weight is 402 g/mol. The SMILES string of the molecule is N[C@@H]1CN(C(=O)OCc2ccccc2)C[C@@H]1CO.O=C(O)[C@@H](O)c1ccccc1. The van der Waals surface area contributed by atoms with E-state index in [-0.39, 0.29) is 31.3 Å². The Balaban J connectivity index is 0.000000234. The van der Waals surface area contributed by atoms with Crippen LogP contribution in [0.4, 0.5) is 4.79 Å². The summed E-state index contributed by atoms with van der Waals surface area (Å²) in [5, 5.41) is 26.5. The number of carboxylic acid groups (broad SMARTS) is 1. The second kappa shape index (κ2) is 11.2. The van der Waals surface area contributed by atoms with Crippen LogP contribution in [0, 0.1) is 5.92 Å². The van der Waals surface area contributed by atoms with Crippen molar-refractivity contribution in [2.75, 3.05) is 19.7 Å². The van der Waals surface area contributed by atoms with E-state index in [2.05, 4.69) is 0 Å². The maximum atomic E-state index is 11.8. The summed E-state index contributed by atoms with van der Waals surface area (Å²) in [6.45, 7) is 1.17. The lowest BCUT2D eigenvalue weighted by molar-refractivity contribution is -0.146. The maximum Gasteiger partial charge on any atom is 0.410 e. The summed E-state index contributed by atoms with van der Waals surface area (Å²) in [5.41, 5.74) is 7.17. The molecule has 1 aliphatic heterocycles. The molecule has 1 amide bonds. The molecule has 5 N–H and O–H groups in total. The zero-order chi connectivity index (χ0) is 21.2. The van der Waals surface area contributed by atoms with E-state index in [1.54, 1.807) is 35.2 Å². The molecule has 1 aliphatic rings. The van der Waals surface area contributed by atoms with Gasteiger partial charge in [-0.05, 0) is 11.1 Å². The second-order valence-corrected chi connectivity index (χ2v) is 6.70. The van der Waals surface area contributed by atoms with Crippen molar-refractivity contribution in [3.05, 3.63) is 71.8 Å². The van der Waals surface area contributed by atoms with Gasteiger partial charge in [-0.25, -0.2) is 9.59 Å². The third-order valence-electron chi connectivity index (χ3n) is 4.54. The number of ether oxygens (including phenoxy) is 1. The Morgan fingerprint density at radius 3 is 2.17 bits per heavy atom. The Morgan fingerprint density at radius 1 is 1.07 bits per heavy atom. The molecule has 1 fully saturated rings. The molecule has 3 atom stereocenters. The van der Waals surface area contributed by atoms with Crippen molar-refractivity contribution in [1.82, 2.24) is 4.90 Å². The van der Waals surface area contributed by atoms with Gasteiger partial charge in [-0.2, -0.15) is 0 Å². The Hall–Kier alpha value is -2.94. The van der Waals surface area contributed by atoms with Crippen LogP contribution in [0.1, 0.15) is 17.2 Å². The van der Waals surface area contributed by atoms with Crippen LogP contribution in [0.3, 0.4) is 0 Å². The monoisotopic (exact) mass is 402 g/mol. The molecule has 1 saturated heterocycles. The Kier molecular flexibility index (Phi) is 8.60. The van der Waals surface area contributed by atoms with Crippen molar-refractivity contribution in [3.8, 4) is 0 Å². The van der Waals surface area contributed by atoms with Crippen molar-refractivity contribution in [2.45, 2.75) is 18.8 Å². The fourth-order valence-corrected chi connectivity index (χ4v) is 2.83. The Labute approximate surface area is 169 Å². The summed E-state index contributed by atoms with van der Waals surface area (Å²) in [6.07, 6.45) is -1.78. The van der Waals surface area contributed by atoms with Gasteiger partial charge in [0.25, 0.3) is 0 Å². The zero-order valence-electron chi connectivity index (χ0n) is 15.9. The highest BCUT2D eigenvalue weighted by Crippen LogP contribution is 2.16. The van der Waals surface area contributed by atoms with Gasteiger partial charge < -0.3 is 30.7 Å². The van der Waals surface area contributed by atoms with Crippen LogP contribution >= 0.6 is 0 Å². The molecule has 0 saturated carbocycles. The normalized spacial score (nSPS) is 19.1. The number of aliphatic hydroxyl groups excluding tert-OH is 2. The summed E-state index contributed by atoms with van der Waals surface area (Å²) in [5.74, 6) is -1.27. The minimum atomic E-state index is -1.41. The van der Waals surface area contributed by atoms with Crippen LogP contribution in [0.25, 0.3) is 0 Å². The fraction of sp³-hybridized carbons (Fsp3) is 0.333. The van der Waals surface area contributed by atoms with Crippen molar-refractivity contribution < 1.29 is 29.6 Å². The maximum absolute atomic E-state index is 11.8. The molecule has 1 heterocycles. The predicted molar refractivity (Wildman–Crippen MR) is 106 cm³/mol. The molecule has 0 spiro atoms. The number of likely N-dealkylation sites (tertiary alicyclic amines) is 1. The second-order valence-electron chi connectivity index (χ2n) is 6.70. The van der Waals surface area contributed by atoms with Crippen LogP contribution in [0.2, 0.25) is 0 Å². The van der Waals surface area contributed by atoms with Gasteiger partial charge in [0.15, 0.2) is 6.10 Å². The van der Waals surface area contributed by atoms with E-state index < -0.39 is 12.1 Å². The van der Waals surface area contributed by atoms with Gasteiger partial charge in [0.1, 0.15) is 6.61 Å². The lowest BCUT2D eigenvalue weighted by Crippen LogP contribution is -2.33. The molecule has 0 bridgehead atoms. The minimum Gasteiger partial charge on any atom is -0.479 e. The topological polar surface area (TPSA) is 133 Å². The minimum absolute atomic E-state index is 0.00360. The van der Waals surface area contributed by atoms with Gasteiger partial charge in [-0.15, -0.1) is 0 Å². The van der Waals surface area contributed by atoms with E-state index >= 15 is 0 Å². The number of nitrogens with two attached hydrogens (primary N) is 1. The van der Waals surface area contributed by atoms with E-state index in [9.17, 15) is 9.59 Å². The van der Waals surface area contributed by atoms with Crippen LogP contribution in [0.5, 0.6) is 0 Å². The molecule has 156 valence electrons. The molecule has 2 aromatic rings. The van der Waals surface area contributed by atoms with Gasteiger partial charge in [-0.1, -0.05) is 60.7 Å². The van der Waals surface area contributed by atoms with Crippen LogP contribution in [-0.4, -0.2) is 58.0 Å². The molecule has 0 unspecified atom stereocenters. The summed E-state index contributed by atoms with van der Waals surface area (Å²) in [4.78, 5) is 23.6. The van der Waals surface area contributed by atoms with E-state index in [4.69, 9.17) is 25.8 Å². The molecule has 3 rings (SSSR count). The number of carboxylic acids is 1.